The van der Waals surface area contributed by atoms with Crippen LogP contribution in [0.1, 0.15) is 6.42 Å². The van der Waals surface area contributed by atoms with E-state index in [0.717, 1.165) is 19.1 Å². The summed E-state index contributed by atoms with van der Waals surface area (Å²) >= 11 is 2.10. The summed E-state index contributed by atoms with van der Waals surface area (Å²) in [5.74, 6) is 0.110. The van der Waals surface area contributed by atoms with Crippen molar-refractivity contribution < 1.29 is 4.79 Å². The van der Waals surface area contributed by atoms with Gasteiger partial charge >= 0.3 is 0 Å². The molecule has 0 heterocycles. The molecule has 0 radical (unpaired) electrons. The number of rotatable bonds is 12. The van der Waals surface area contributed by atoms with Gasteiger partial charge in [0.05, 0.1) is 10.6 Å². The van der Waals surface area contributed by atoms with Crippen LogP contribution in [0.5, 0.6) is 0 Å². The van der Waals surface area contributed by atoms with Crippen molar-refractivity contribution >= 4 is 79.7 Å². The third-order valence-corrected chi connectivity index (χ3v) is 15.1. The second-order valence-electron chi connectivity index (χ2n) is 12.9. The molecule has 0 unspecified atom stereocenters. The summed E-state index contributed by atoms with van der Waals surface area (Å²) in [4.78, 5) is 11.6. The van der Waals surface area contributed by atoms with Gasteiger partial charge in [0.25, 0.3) is 0 Å². The Labute approximate surface area is 323 Å². The lowest BCUT2D eigenvalue weighted by Gasteiger charge is -2.44. The fraction of sp³-hybridized carbons (Fsp3) is 0.0851. The van der Waals surface area contributed by atoms with E-state index in [1.165, 1.54) is 37.8 Å². The fourth-order valence-electron chi connectivity index (χ4n) is 7.59. The number of alkyl halides is 1. The number of hydrogen-bond donors (Lipinski definition) is 1. The average molecular weight is 808 g/mol. The van der Waals surface area contributed by atoms with Crippen LogP contribution in [-0.4, -0.2) is 29.2 Å². The van der Waals surface area contributed by atoms with Gasteiger partial charge in [-0.15, -0.1) is 0 Å². The van der Waals surface area contributed by atoms with E-state index in [-0.39, 0.29) is 5.91 Å². The van der Waals surface area contributed by atoms with E-state index in [9.17, 15) is 4.79 Å². The zero-order valence-electron chi connectivity index (χ0n) is 29.3. The summed E-state index contributed by atoms with van der Waals surface area (Å²) in [6.45, 7) is 0.718. The van der Waals surface area contributed by atoms with E-state index < -0.39 is 13.4 Å². The first-order valence-corrected chi connectivity index (χ1v) is 21.4. The molecule has 0 aliphatic heterocycles. The van der Waals surface area contributed by atoms with E-state index in [1.54, 1.807) is 0 Å². The maximum absolute atomic E-state index is 11.6. The Morgan fingerprint density at radius 3 is 0.981 bits per heavy atom. The summed E-state index contributed by atoms with van der Waals surface area (Å²) in [5.41, 5.74) is 5.36. The van der Waals surface area contributed by atoms with Gasteiger partial charge in [0.1, 0.15) is 29.3 Å². The second-order valence-corrected chi connectivity index (χ2v) is 17.3. The highest BCUT2D eigenvalue weighted by atomic mass is 127. The standard InChI is InChI=1S/C24H20B.C23H23INOP/c1-5-13-21(14-6-1)25(22-15-7-2-8-16-22,23-17-9-3-10-18-23)24-19-11-4-12-20-24;24-19-23(26)25-17-10-18-27(20-11-4-1-5-12-20,21-13-6-2-7-14-21)22-15-8-3-9-16-22/h1-20H;1-9,11-16H,10,17-19H2/q-1;/p+1. The molecule has 1 amide bonds. The van der Waals surface area contributed by atoms with Gasteiger partial charge in [0.2, 0.25) is 5.91 Å². The molecule has 2 nitrogen and oxygen atoms in total. The molecule has 1 N–H and O–H groups in total. The first-order chi connectivity index (χ1) is 25.7. The molecular weight excluding hydrogens is 763 g/mol. The summed E-state index contributed by atoms with van der Waals surface area (Å²) in [5, 5.41) is 7.20. The van der Waals surface area contributed by atoms with Crippen LogP contribution >= 0.6 is 29.9 Å². The van der Waals surface area contributed by atoms with Crippen LogP contribution in [0.3, 0.4) is 0 Å². The molecule has 0 aliphatic rings. The number of hydrogen-bond acceptors (Lipinski definition) is 1. The number of carbonyl (C=O) groups is 1. The normalized spacial score (nSPS) is 11.2. The zero-order valence-corrected chi connectivity index (χ0v) is 32.4. The van der Waals surface area contributed by atoms with Gasteiger partial charge in [0.15, 0.2) is 0 Å². The molecule has 0 spiro atoms. The molecule has 5 heteroatoms. The van der Waals surface area contributed by atoms with Crippen molar-refractivity contribution in [3.8, 4) is 0 Å². The molecule has 52 heavy (non-hydrogen) atoms. The SMILES string of the molecule is O=C(CI)NCCC[P+](c1ccccc1)(c1ccccc1)c1ccccc1.c1ccc([B-](c2ccccc2)(c2ccccc2)c2ccccc2)cc1. The fourth-order valence-corrected chi connectivity index (χ4v) is 12.2. The molecule has 7 aromatic carbocycles. The van der Waals surface area contributed by atoms with Gasteiger partial charge in [-0.1, -0.05) is 199 Å². The lowest BCUT2D eigenvalue weighted by atomic mass is 9.13. The van der Waals surface area contributed by atoms with Gasteiger partial charge < -0.3 is 5.32 Å². The second kappa shape index (κ2) is 18.6. The maximum atomic E-state index is 11.6. The minimum Gasteiger partial charge on any atom is -0.355 e. The van der Waals surface area contributed by atoms with Crippen molar-refractivity contribution in [1.29, 1.82) is 0 Å². The summed E-state index contributed by atoms with van der Waals surface area (Å²) in [7, 11) is -1.77. The lowest BCUT2D eigenvalue weighted by Crippen LogP contribution is -2.74. The molecule has 0 aromatic heterocycles. The number of benzene rings is 7. The molecule has 7 rings (SSSR count). The molecule has 0 bridgehead atoms. The van der Waals surface area contributed by atoms with Crippen molar-refractivity contribution in [2.75, 3.05) is 17.1 Å². The van der Waals surface area contributed by atoms with Crippen LogP contribution in [0.2, 0.25) is 0 Å². The Morgan fingerprint density at radius 1 is 0.442 bits per heavy atom. The molecular formula is C47H44BINOP. The molecule has 258 valence electrons. The van der Waals surface area contributed by atoms with Gasteiger partial charge in [-0.05, 0) is 42.8 Å². The van der Waals surface area contributed by atoms with Crippen molar-refractivity contribution in [2.24, 2.45) is 0 Å². The van der Waals surface area contributed by atoms with Crippen molar-refractivity contribution in [1.82, 2.24) is 5.32 Å². The van der Waals surface area contributed by atoms with Crippen molar-refractivity contribution in [2.45, 2.75) is 6.42 Å². The Morgan fingerprint density at radius 2 is 0.712 bits per heavy atom. The predicted molar refractivity (Wildman–Crippen MR) is 237 cm³/mol. The van der Waals surface area contributed by atoms with E-state index in [4.69, 9.17) is 0 Å². The molecule has 0 aliphatic carbocycles. The lowest BCUT2D eigenvalue weighted by molar-refractivity contribution is -0.118. The molecule has 7 aromatic rings. The highest BCUT2D eigenvalue weighted by molar-refractivity contribution is 14.1. The highest BCUT2D eigenvalue weighted by Gasteiger charge is 2.44. The number of halogens is 1. The smallest absolute Gasteiger partial charge is 0.229 e. The minimum absolute atomic E-state index is 0.110. The Bertz CT molecular complexity index is 1810. The predicted octanol–water partition coefficient (Wildman–Crippen LogP) is 6.99. The van der Waals surface area contributed by atoms with Gasteiger partial charge in [-0.2, -0.15) is 21.9 Å². The van der Waals surface area contributed by atoms with Gasteiger partial charge in [-0.25, -0.2) is 0 Å². The van der Waals surface area contributed by atoms with Crippen molar-refractivity contribution in [3.63, 3.8) is 0 Å². The Kier molecular flexibility index (Phi) is 13.3. The zero-order chi connectivity index (χ0) is 35.9. The first-order valence-electron chi connectivity index (χ1n) is 17.9. The largest absolute Gasteiger partial charge is 0.355 e. The maximum Gasteiger partial charge on any atom is 0.229 e. The molecule has 0 saturated carbocycles. The molecule has 0 fully saturated rings. The van der Waals surface area contributed by atoms with Gasteiger partial charge in [-0.3, -0.25) is 4.79 Å². The van der Waals surface area contributed by atoms with E-state index >= 15 is 0 Å². The van der Waals surface area contributed by atoms with Crippen LogP contribution < -0.4 is 43.1 Å². The van der Waals surface area contributed by atoms with Crippen LogP contribution in [0.15, 0.2) is 212 Å². The third kappa shape index (κ3) is 8.31. The van der Waals surface area contributed by atoms with Crippen LogP contribution in [0.25, 0.3) is 0 Å². The Hall–Kier alpha value is -4.77. The van der Waals surface area contributed by atoms with E-state index in [1.807, 2.05) is 0 Å². The number of nitrogens with one attached hydrogen (secondary N) is 1. The van der Waals surface area contributed by atoms with E-state index in [2.05, 4.69) is 240 Å². The van der Waals surface area contributed by atoms with Crippen LogP contribution in [0.4, 0.5) is 0 Å². The van der Waals surface area contributed by atoms with E-state index in [0.29, 0.717) is 4.43 Å². The number of carbonyl (C=O) groups excluding carboxylic acids is 1. The summed E-state index contributed by atoms with van der Waals surface area (Å²) < 4.78 is 0.508. The highest BCUT2D eigenvalue weighted by Crippen LogP contribution is 2.55. The monoisotopic (exact) mass is 807 g/mol. The Balaban J connectivity index is 0.000000179. The summed E-state index contributed by atoms with van der Waals surface area (Å²) in [6.07, 6.45) is 0.772. The first kappa shape index (κ1) is 37.0. The topological polar surface area (TPSA) is 29.1 Å². The molecule has 0 saturated heterocycles. The van der Waals surface area contributed by atoms with Gasteiger partial charge in [0, 0.05) is 6.54 Å². The third-order valence-electron chi connectivity index (χ3n) is 9.90. The minimum atomic E-state index is -1.77. The number of amides is 1. The molecule has 0 atom stereocenters. The van der Waals surface area contributed by atoms with Crippen LogP contribution in [0, 0.1) is 0 Å². The quantitative estimate of drug-likeness (QED) is 0.0467. The van der Waals surface area contributed by atoms with Crippen molar-refractivity contribution in [3.05, 3.63) is 212 Å². The average Bonchev–Trinajstić information content (AvgIpc) is 3.24. The van der Waals surface area contributed by atoms with Crippen LogP contribution in [-0.2, 0) is 4.79 Å². The summed E-state index contributed by atoms with van der Waals surface area (Å²) in [6, 6.07) is 76.1.